The molecule has 2 rings (SSSR count). The van der Waals surface area contributed by atoms with E-state index in [1.807, 2.05) is 21.2 Å². The number of hydrogen-bond donors (Lipinski definition) is 3. The van der Waals surface area contributed by atoms with E-state index in [0.29, 0.717) is 5.56 Å². The van der Waals surface area contributed by atoms with Gasteiger partial charge in [0.2, 0.25) is 0 Å². The summed E-state index contributed by atoms with van der Waals surface area (Å²) >= 11 is 2.02. The van der Waals surface area contributed by atoms with Gasteiger partial charge in [0, 0.05) is 43.6 Å². The van der Waals surface area contributed by atoms with Crippen LogP contribution in [0.1, 0.15) is 27.0 Å². The maximum Gasteiger partial charge on any atom is 0.423 e. The van der Waals surface area contributed by atoms with Gasteiger partial charge in [-0.05, 0) is 37.9 Å². The van der Waals surface area contributed by atoms with Crippen LogP contribution in [0.15, 0.2) is 42.5 Å². The van der Waals surface area contributed by atoms with Gasteiger partial charge in [-0.1, -0.05) is 30.2 Å². The van der Waals surface area contributed by atoms with Gasteiger partial charge in [-0.3, -0.25) is 4.79 Å². The van der Waals surface area contributed by atoms with Crippen LogP contribution in [0.2, 0.25) is 0 Å². The third-order valence-electron chi connectivity index (χ3n) is 3.63. The van der Waals surface area contributed by atoms with Crippen LogP contribution in [0.4, 0.5) is 18.9 Å². The minimum Gasteiger partial charge on any atom is -0.398 e. The zero-order valence-electron chi connectivity index (χ0n) is 13.1. The standard InChI is InChI=1S/C17H13F3IN3OS/c18-17(19,20)16(23,24)12-4-2-11(3-5-12)15(25)13-9-10(7-8-26-21)1-6-14(13)22/h1-6,9H,22-24H2. The van der Waals surface area contributed by atoms with Gasteiger partial charge in [-0.25, -0.2) is 0 Å². The molecule has 0 unspecified atom stereocenters. The minimum absolute atomic E-state index is 0.159. The van der Waals surface area contributed by atoms with E-state index in [0.717, 1.165) is 12.1 Å². The summed E-state index contributed by atoms with van der Waals surface area (Å²) in [6, 6.07) is 9.39. The molecule has 0 fully saturated rings. The van der Waals surface area contributed by atoms with E-state index in [-0.39, 0.29) is 22.4 Å². The highest BCUT2D eigenvalue weighted by atomic mass is 127. The SMILES string of the molecule is Nc1ccc(C#CSI)cc1C(=O)c1ccc(C(N)(N)C(F)(F)F)cc1. The molecule has 0 spiro atoms. The molecule has 0 aliphatic heterocycles. The highest BCUT2D eigenvalue weighted by Gasteiger charge is 2.50. The molecule has 6 N–H and O–H groups in total. The van der Waals surface area contributed by atoms with Crippen LogP contribution in [0.5, 0.6) is 0 Å². The molecule has 0 aliphatic carbocycles. The molecule has 0 bridgehead atoms. The first-order valence-electron chi connectivity index (χ1n) is 7.05. The molecule has 136 valence electrons. The van der Waals surface area contributed by atoms with Crippen molar-refractivity contribution in [3.8, 4) is 11.2 Å². The Kier molecular flexibility index (Phi) is 6.23. The normalized spacial score (nSPS) is 11.6. The number of hydrogen-bond acceptors (Lipinski definition) is 5. The Balaban J connectivity index is 2.37. The Morgan fingerprint density at radius 3 is 2.23 bits per heavy atom. The fourth-order valence-corrected chi connectivity index (χ4v) is 2.61. The molecule has 26 heavy (non-hydrogen) atoms. The lowest BCUT2D eigenvalue weighted by atomic mass is 9.95. The fraction of sp³-hybridized carbons (Fsp3) is 0.118. The third-order valence-corrected chi connectivity index (χ3v) is 4.47. The van der Waals surface area contributed by atoms with Crippen molar-refractivity contribution in [1.29, 1.82) is 0 Å². The van der Waals surface area contributed by atoms with E-state index in [9.17, 15) is 18.0 Å². The summed E-state index contributed by atoms with van der Waals surface area (Å²) in [6.45, 7) is 0. The molecule has 4 nitrogen and oxygen atoms in total. The number of halogens is 4. The molecule has 0 atom stereocenters. The summed E-state index contributed by atoms with van der Waals surface area (Å²) < 4.78 is 38.7. The highest BCUT2D eigenvalue weighted by molar-refractivity contribution is 14.2. The fourth-order valence-electron chi connectivity index (χ4n) is 2.13. The van der Waals surface area contributed by atoms with Gasteiger partial charge in [0.05, 0.1) is 0 Å². The zero-order chi connectivity index (χ0) is 19.5. The third kappa shape index (κ3) is 4.32. The van der Waals surface area contributed by atoms with Gasteiger partial charge < -0.3 is 17.2 Å². The number of carbonyl (C=O) groups is 1. The predicted octanol–water partition coefficient (Wildman–Crippen LogP) is 3.52. The van der Waals surface area contributed by atoms with Crippen LogP contribution in [0.25, 0.3) is 0 Å². The second-order valence-electron chi connectivity index (χ2n) is 5.38. The van der Waals surface area contributed by atoms with Gasteiger partial charge in [-0.15, -0.1) is 0 Å². The molecule has 2 aromatic carbocycles. The summed E-state index contributed by atoms with van der Waals surface area (Å²) in [7, 11) is 1.29. The second-order valence-corrected chi connectivity index (χ2v) is 7.06. The number of ketones is 1. The number of carbonyl (C=O) groups excluding carboxylic acids is 1. The predicted molar refractivity (Wildman–Crippen MR) is 105 cm³/mol. The molecule has 9 heteroatoms. The largest absolute Gasteiger partial charge is 0.423 e. The van der Waals surface area contributed by atoms with Crippen molar-refractivity contribution in [3.63, 3.8) is 0 Å². The molecule has 0 aromatic heterocycles. The Hall–Kier alpha value is -1.74. The van der Waals surface area contributed by atoms with Crippen molar-refractivity contribution in [2.75, 3.05) is 5.73 Å². The first kappa shape index (κ1) is 20.6. The molecular formula is C17H13F3IN3OS. The van der Waals surface area contributed by atoms with E-state index in [4.69, 9.17) is 17.2 Å². The number of rotatable bonds is 3. The maximum atomic E-state index is 12.9. The van der Waals surface area contributed by atoms with Crippen LogP contribution in [-0.4, -0.2) is 12.0 Å². The first-order chi connectivity index (χ1) is 12.1. The zero-order valence-corrected chi connectivity index (χ0v) is 16.1. The smallest absolute Gasteiger partial charge is 0.398 e. The van der Waals surface area contributed by atoms with Crippen molar-refractivity contribution in [2.45, 2.75) is 11.8 Å². The molecule has 0 heterocycles. The van der Waals surface area contributed by atoms with E-state index in [1.54, 1.807) is 12.1 Å². The Bertz CT molecular complexity index is 887. The van der Waals surface area contributed by atoms with Crippen molar-refractivity contribution >= 4 is 41.6 Å². The van der Waals surface area contributed by atoms with E-state index >= 15 is 0 Å². The quantitative estimate of drug-likeness (QED) is 0.201. The van der Waals surface area contributed by atoms with Crippen molar-refractivity contribution in [2.24, 2.45) is 11.5 Å². The topological polar surface area (TPSA) is 95.1 Å². The van der Waals surface area contributed by atoms with Gasteiger partial charge >= 0.3 is 6.18 Å². The van der Waals surface area contributed by atoms with Crippen LogP contribution < -0.4 is 17.2 Å². The summed E-state index contributed by atoms with van der Waals surface area (Å²) in [5.74, 6) is 2.42. The average molecular weight is 491 g/mol. The van der Waals surface area contributed by atoms with Gasteiger partial charge in [0.15, 0.2) is 11.4 Å². The number of nitrogen functional groups attached to an aromatic ring is 1. The summed E-state index contributed by atoms with van der Waals surface area (Å²) in [5.41, 5.74) is 14.1. The molecule has 0 saturated carbocycles. The molecule has 0 radical (unpaired) electrons. The average Bonchev–Trinajstić information content (AvgIpc) is 2.59. The van der Waals surface area contributed by atoms with Crippen LogP contribution in [-0.2, 0) is 5.66 Å². The lowest BCUT2D eigenvalue weighted by molar-refractivity contribution is -0.188. The second kappa shape index (κ2) is 7.87. The van der Waals surface area contributed by atoms with E-state index in [2.05, 4.69) is 11.2 Å². The van der Waals surface area contributed by atoms with E-state index in [1.165, 1.54) is 27.1 Å². The summed E-state index contributed by atoms with van der Waals surface area (Å²) in [4.78, 5) is 12.6. The number of anilines is 1. The van der Waals surface area contributed by atoms with E-state index < -0.39 is 17.6 Å². The molecule has 0 saturated heterocycles. The molecular weight excluding hydrogens is 478 g/mol. The van der Waals surface area contributed by atoms with Gasteiger partial charge in [-0.2, -0.15) is 13.2 Å². The van der Waals surface area contributed by atoms with Crippen molar-refractivity contribution < 1.29 is 18.0 Å². The molecule has 0 amide bonds. The number of alkyl halides is 3. The molecule has 0 aliphatic rings. The van der Waals surface area contributed by atoms with Crippen molar-refractivity contribution in [3.05, 3.63) is 64.7 Å². The van der Waals surface area contributed by atoms with Gasteiger partial charge in [0.1, 0.15) is 0 Å². The van der Waals surface area contributed by atoms with Crippen LogP contribution in [0.3, 0.4) is 0 Å². The summed E-state index contributed by atoms with van der Waals surface area (Å²) in [6.07, 6.45) is -4.83. The van der Waals surface area contributed by atoms with Crippen LogP contribution in [0, 0.1) is 11.2 Å². The van der Waals surface area contributed by atoms with Crippen molar-refractivity contribution in [1.82, 2.24) is 0 Å². The Labute approximate surface area is 164 Å². The first-order valence-corrected chi connectivity index (χ1v) is 10.4. The molecule has 2 aromatic rings. The lowest BCUT2D eigenvalue weighted by Crippen LogP contribution is -2.57. The summed E-state index contributed by atoms with van der Waals surface area (Å²) in [5, 5.41) is 2.80. The number of benzene rings is 2. The maximum absolute atomic E-state index is 12.9. The Morgan fingerprint density at radius 2 is 1.69 bits per heavy atom. The number of nitrogens with two attached hydrogens (primary N) is 3. The minimum atomic E-state index is -4.83. The van der Waals surface area contributed by atoms with Gasteiger partial charge in [0.25, 0.3) is 0 Å². The lowest BCUT2D eigenvalue weighted by Gasteiger charge is -2.27. The van der Waals surface area contributed by atoms with Crippen LogP contribution >= 0.6 is 30.1 Å². The monoisotopic (exact) mass is 491 g/mol. The highest BCUT2D eigenvalue weighted by Crippen LogP contribution is 2.32. The Morgan fingerprint density at radius 1 is 1.08 bits per heavy atom.